The lowest BCUT2D eigenvalue weighted by atomic mass is 9.99. The van der Waals surface area contributed by atoms with Gasteiger partial charge in [-0.3, -0.25) is 0 Å². The molecule has 8 aromatic carbocycles. The highest BCUT2D eigenvalue weighted by Crippen LogP contribution is 2.39. The molecule has 10 rings (SSSR count). The summed E-state index contributed by atoms with van der Waals surface area (Å²) in [6.07, 6.45) is 0. The summed E-state index contributed by atoms with van der Waals surface area (Å²) in [5, 5.41) is 4.35. The summed E-state index contributed by atoms with van der Waals surface area (Å²) in [4.78, 5) is 0. The second-order valence-electron chi connectivity index (χ2n) is 12.9. The van der Waals surface area contributed by atoms with E-state index in [-0.39, 0.29) is 0 Å². The second kappa shape index (κ2) is 11.5. The topological polar surface area (TPSA) is 9.86 Å². The van der Waals surface area contributed by atoms with Gasteiger partial charge in [0.1, 0.15) is 0 Å². The van der Waals surface area contributed by atoms with Gasteiger partial charge >= 0.3 is 0 Å². The first kappa shape index (κ1) is 26.3. The highest BCUT2D eigenvalue weighted by atomic mass is 15.0. The smallest absolute Gasteiger partial charge is 0.0623 e. The zero-order chi connectivity index (χ0) is 34.8. The normalized spacial score (nSPS) is 12.2. The van der Waals surface area contributed by atoms with Crippen LogP contribution < -0.4 is 0 Å². The van der Waals surface area contributed by atoms with Gasteiger partial charge in [0.05, 0.1) is 24.8 Å². The number of hydrogen-bond acceptors (Lipinski definition) is 0. The summed E-state index contributed by atoms with van der Waals surface area (Å²) >= 11 is 0. The maximum Gasteiger partial charge on any atom is 0.0623 e. The van der Waals surface area contributed by atoms with E-state index in [0.29, 0.717) is 12.1 Å². The van der Waals surface area contributed by atoms with E-state index >= 15 is 0 Å². The molecule has 0 aliphatic heterocycles. The molecule has 50 heavy (non-hydrogen) atoms. The summed E-state index contributed by atoms with van der Waals surface area (Å²) in [6, 6.07) is 64.6. The Hall–Kier alpha value is -6.64. The maximum atomic E-state index is 8.55. The second-order valence-corrected chi connectivity index (χ2v) is 12.9. The fraction of sp³-hybridized carbons (Fsp3) is 0. The van der Waals surface area contributed by atoms with E-state index in [1.54, 1.807) is 0 Å². The summed E-state index contributed by atoms with van der Waals surface area (Å²) in [5.41, 5.74) is 13.5. The molecule has 0 bridgehead atoms. The van der Waals surface area contributed by atoms with Gasteiger partial charge in [0, 0.05) is 32.9 Å². The van der Waals surface area contributed by atoms with Crippen molar-refractivity contribution in [2.75, 3.05) is 0 Å². The van der Waals surface area contributed by atoms with Gasteiger partial charge in [0.2, 0.25) is 0 Å². The molecule has 2 nitrogen and oxygen atoms in total. The minimum atomic E-state index is 0.491. The average molecular weight is 639 g/mol. The molecule has 0 atom stereocenters. The Bertz CT molecular complexity index is 2970. The molecule has 0 amide bonds. The summed E-state index contributed by atoms with van der Waals surface area (Å²) < 4.78 is 21.6. The molecule has 0 saturated carbocycles. The standard InChI is InChI=1S/C48H32N2/c1-3-13-33(14-4-1)34-15-11-16-35(29-34)36-17-12-20-40(30-36)50-46-24-10-8-22-42(46)44-32-38(26-28-48(44)50)37-25-27-47-43(31-37)41-21-7-9-23-45(41)49(47)39-18-5-2-6-19-39/h1-32H/i7D,8D. The van der Waals surface area contributed by atoms with Crippen molar-refractivity contribution in [3.8, 4) is 44.8 Å². The third-order valence-corrected chi connectivity index (χ3v) is 9.97. The minimum absolute atomic E-state index is 0.491. The third-order valence-electron chi connectivity index (χ3n) is 9.97. The predicted molar refractivity (Wildman–Crippen MR) is 211 cm³/mol. The molecule has 234 valence electrons. The van der Waals surface area contributed by atoms with Crippen molar-refractivity contribution in [2.24, 2.45) is 0 Å². The monoisotopic (exact) mass is 638 g/mol. The van der Waals surface area contributed by atoms with Gasteiger partial charge in [0.15, 0.2) is 0 Å². The van der Waals surface area contributed by atoms with Crippen LogP contribution in [0.5, 0.6) is 0 Å². The zero-order valence-corrected chi connectivity index (χ0v) is 27.2. The van der Waals surface area contributed by atoms with E-state index in [9.17, 15) is 0 Å². The number of hydrogen-bond donors (Lipinski definition) is 0. The molecule has 0 saturated heterocycles. The van der Waals surface area contributed by atoms with Crippen LogP contribution in [-0.2, 0) is 0 Å². The van der Waals surface area contributed by atoms with Crippen LogP contribution in [0.1, 0.15) is 2.74 Å². The third kappa shape index (κ3) is 4.57. The SMILES string of the molecule is [2H]c1ccc2c(c1)c1cc(-c3ccc4c(c3)c3cc([2H])ccc3n4-c3cccc(-c4cccc(-c5ccccc5)c4)c3)ccc1n2-c1ccccc1. The van der Waals surface area contributed by atoms with Gasteiger partial charge in [-0.1, -0.05) is 127 Å². The Labute approximate surface area is 293 Å². The van der Waals surface area contributed by atoms with Gasteiger partial charge in [-0.15, -0.1) is 0 Å². The van der Waals surface area contributed by atoms with Crippen LogP contribution >= 0.6 is 0 Å². The van der Waals surface area contributed by atoms with Crippen molar-refractivity contribution in [1.29, 1.82) is 0 Å². The molecular weight excluding hydrogens is 605 g/mol. The molecule has 0 radical (unpaired) electrons. The molecule has 0 unspecified atom stereocenters. The van der Waals surface area contributed by atoms with Crippen molar-refractivity contribution in [3.63, 3.8) is 0 Å². The molecular formula is C48H32N2. The molecule has 0 N–H and O–H groups in total. The average Bonchev–Trinajstić information content (AvgIpc) is 3.69. The summed E-state index contributed by atoms with van der Waals surface area (Å²) in [5.74, 6) is 0. The van der Waals surface area contributed by atoms with Gasteiger partial charge in [-0.25, -0.2) is 0 Å². The zero-order valence-electron chi connectivity index (χ0n) is 29.2. The number of aromatic nitrogens is 2. The van der Waals surface area contributed by atoms with Crippen LogP contribution in [-0.4, -0.2) is 9.13 Å². The Morgan fingerprint density at radius 2 is 0.720 bits per heavy atom. The fourth-order valence-corrected chi connectivity index (χ4v) is 7.64. The van der Waals surface area contributed by atoms with Crippen molar-refractivity contribution in [1.82, 2.24) is 9.13 Å². The van der Waals surface area contributed by atoms with Crippen molar-refractivity contribution in [2.45, 2.75) is 0 Å². The summed E-state index contributed by atoms with van der Waals surface area (Å²) in [6.45, 7) is 0. The van der Waals surface area contributed by atoms with Crippen LogP contribution in [0, 0.1) is 0 Å². The molecule has 10 aromatic rings. The number of benzene rings is 8. The number of fused-ring (bicyclic) bond motifs is 6. The van der Waals surface area contributed by atoms with Crippen LogP contribution in [0.25, 0.3) is 88.4 Å². The molecule has 0 fully saturated rings. The lowest BCUT2D eigenvalue weighted by Crippen LogP contribution is -1.94. The first-order chi connectivity index (χ1) is 25.6. The molecule has 2 heterocycles. The van der Waals surface area contributed by atoms with E-state index in [1.807, 2.05) is 36.4 Å². The van der Waals surface area contributed by atoms with E-state index in [4.69, 9.17) is 2.74 Å². The van der Waals surface area contributed by atoms with Crippen LogP contribution in [0.15, 0.2) is 194 Å². The first-order valence-electron chi connectivity index (χ1n) is 18.0. The largest absolute Gasteiger partial charge is 0.309 e. The molecule has 2 heteroatoms. The lowest BCUT2D eigenvalue weighted by Gasteiger charge is -2.12. The van der Waals surface area contributed by atoms with Crippen molar-refractivity contribution >= 4 is 43.6 Å². The molecule has 0 spiro atoms. The number of rotatable bonds is 5. The molecule has 2 aromatic heterocycles. The first-order valence-corrected chi connectivity index (χ1v) is 17.0. The highest BCUT2D eigenvalue weighted by Gasteiger charge is 2.16. The summed E-state index contributed by atoms with van der Waals surface area (Å²) in [7, 11) is 0. The Morgan fingerprint density at radius 3 is 1.34 bits per heavy atom. The van der Waals surface area contributed by atoms with E-state index in [2.05, 4.69) is 155 Å². The quantitative estimate of drug-likeness (QED) is 0.178. The molecule has 0 aliphatic carbocycles. The van der Waals surface area contributed by atoms with E-state index in [0.717, 1.165) is 71.7 Å². The van der Waals surface area contributed by atoms with Crippen LogP contribution in [0.3, 0.4) is 0 Å². The highest BCUT2D eigenvalue weighted by molar-refractivity contribution is 6.12. The predicted octanol–water partition coefficient (Wildman–Crippen LogP) is 12.9. The van der Waals surface area contributed by atoms with Gasteiger partial charge in [-0.2, -0.15) is 0 Å². The minimum Gasteiger partial charge on any atom is -0.309 e. The molecule has 0 aliphatic rings. The van der Waals surface area contributed by atoms with E-state index in [1.165, 1.54) is 16.7 Å². The fourth-order valence-electron chi connectivity index (χ4n) is 7.64. The van der Waals surface area contributed by atoms with Gasteiger partial charge < -0.3 is 9.13 Å². The van der Waals surface area contributed by atoms with Crippen LogP contribution in [0.4, 0.5) is 0 Å². The van der Waals surface area contributed by atoms with Crippen LogP contribution in [0.2, 0.25) is 0 Å². The number of nitrogens with zero attached hydrogens (tertiary/aromatic N) is 2. The van der Waals surface area contributed by atoms with Gasteiger partial charge in [0.25, 0.3) is 0 Å². The Balaban J connectivity index is 1.12. The maximum absolute atomic E-state index is 8.55. The number of para-hydroxylation sites is 3. The Kier molecular flexibility index (Phi) is 6.06. The van der Waals surface area contributed by atoms with Gasteiger partial charge in [-0.05, 0) is 100 Å². The Morgan fingerprint density at radius 1 is 0.280 bits per heavy atom. The van der Waals surface area contributed by atoms with Crippen molar-refractivity contribution < 1.29 is 2.74 Å². The van der Waals surface area contributed by atoms with E-state index < -0.39 is 0 Å². The van der Waals surface area contributed by atoms with Crippen molar-refractivity contribution in [3.05, 3.63) is 194 Å². The lowest BCUT2D eigenvalue weighted by molar-refractivity contribution is 1.18.